The van der Waals surface area contributed by atoms with E-state index < -0.39 is 5.97 Å². The molecule has 0 fully saturated rings. The molecule has 0 radical (unpaired) electrons. The molecule has 0 saturated carbocycles. The molecule has 0 N–H and O–H groups in total. The molecule has 3 aromatic rings. The number of hydrogen-bond donors (Lipinski definition) is 0. The Kier molecular flexibility index (Phi) is 4.06. The molecule has 0 unspecified atom stereocenters. The summed E-state index contributed by atoms with van der Waals surface area (Å²) >= 11 is 3.39. The van der Waals surface area contributed by atoms with Crippen molar-refractivity contribution >= 4 is 33.0 Å². The Balaban J connectivity index is 1.94. The zero-order chi connectivity index (χ0) is 15.5. The first-order valence-corrected chi connectivity index (χ1v) is 7.41. The Morgan fingerprint density at radius 3 is 2.77 bits per heavy atom. The minimum absolute atomic E-state index is 0.180. The van der Waals surface area contributed by atoms with Crippen molar-refractivity contribution in [2.24, 2.45) is 0 Å². The average Bonchev–Trinajstić information content (AvgIpc) is 2.96. The second kappa shape index (κ2) is 6.15. The van der Waals surface area contributed by atoms with Crippen LogP contribution in [0.25, 0.3) is 22.6 Å². The van der Waals surface area contributed by atoms with Gasteiger partial charge >= 0.3 is 5.97 Å². The summed E-state index contributed by atoms with van der Waals surface area (Å²) in [6.45, 7) is 3.69. The molecule has 0 amide bonds. The van der Waals surface area contributed by atoms with Crippen LogP contribution in [-0.4, -0.2) is 17.6 Å². The lowest BCUT2D eigenvalue weighted by atomic mass is 10.2. The maximum Gasteiger partial charge on any atom is 0.338 e. The van der Waals surface area contributed by atoms with Gasteiger partial charge in [-0.2, -0.15) is 0 Å². The topological polar surface area (TPSA) is 52.3 Å². The first-order chi connectivity index (χ1) is 10.7. The van der Waals surface area contributed by atoms with Gasteiger partial charge in [0.05, 0.1) is 5.56 Å². The predicted octanol–water partition coefficient (Wildman–Crippen LogP) is 4.60. The van der Waals surface area contributed by atoms with E-state index in [-0.39, 0.29) is 6.61 Å². The SMILES string of the molecule is C=CCOC(=O)c1ccc2oc(-c3ccc(Br)cc3)nc2c1. The molecular formula is C17H12BrNO3. The van der Waals surface area contributed by atoms with Crippen LogP contribution in [0.3, 0.4) is 0 Å². The second-order valence-electron chi connectivity index (χ2n) is 4.60. The van der Waals surface area contributed by atoms with E-state index in [4.69, 9.17) is 9.15 Å². The van der Waals surface area contributed by atoms with Crippen LogP contribution in [0.15, 0.2) is 64.0 Å². The number of esters is 1. The first kappa shape index (κ1) is 14.5. The summed E-state index contributed by atoms with van der Waals surface area (Å²) in [4.78, 5) is 16.3. The highest BCUT2D eigenvalue weighted by Crippen LogP contribution is 2.26. The van der Waals surface area contributed by atoms with Crippen molar-refractivity contribution in [1.29, 1.82) is 0 Å². The summed E-state index contributed by atoms with van der Waals surface area (Å²) in [5.41, 5.74) is 2.55. The zero-order valence-corrected chi connectivity index (χ0v) is 13.2. The molecule has 1 aromatic heterocycles. The van der Waals surface area contributed by atoms with Gasteiger partial charge in [0.25, 0.3) is 0 Å². The molecule has 0 atom stereocenters. The lowest BCUT2D eigenvalue weighted by Gasteiger charge is -2.00. The largest absolute Gasteiger partial charge is 0.458 e. The van der Waals surface area contributed by atoms with Gasteiger partial charge in [-0.1, -0.05) is 28.6 Å². The van der Waals surface area contributed by atoms with Crippen molar-refractivity contribution in [3.8, 4) is 11.5 Å². The zero-order valence-electron chi connectivity index (χ0n) is 11.6. The lowest BCUT2D eigenvalue weighted by molar-refractivity contribution is 0.0550. The molecule has 0 aliphatic heterocycles. The molecule has 0 aliphatic carbocycles. The van der Waals surface area contributed by atoms with E-state index in [9.17, 15) is 4.79 Å². The first-order valence-electron chi connectivity index (χ1n) is 6.62. The van der Waals surface area contributed by atoms with Crippen molar-refractivity contribution < 1.29 is 13.9 Å². The highest BCUT2D eigenvalue weighted by Gasteiger charge is 2.12. The fraction of sp³-hybridized carbons (Fsp3) is 0.0588. The maximum absolute atomic E-state index is 11.8. The number of rotatable bonds is 4. The van der Waals surface area contributed by atoms with Crippen molar-refractivity contribution in [1.82, 2.24) is 4.98 Å². The van der Waals surface area contributed by atoms with Gasteiger partial charge in [-0.25, -0.2) is 9.78 Å². The Labute approximate surface area is 135 Å². The highest BCUT2D eigenvalue weighted by molar-refractivity contribution is 9.10. The van der Waals surface area contributed by atoms with Crippen LogP contribution in [0.4, 0.5) is 0 Å². The molecule has 5 heteroatoms. The molecule has 2 aromatic carbocycles. The Morgan fingerprint density at radius 1 is 1.27 bits per heavy atom. The number of nitrogens with zero attached hydrogens (tertiary/aromatic N) is 1. The average molecular weight is 358 g/mol. The Morgan fingerprint density at radius 2 is 2.05 bits per heavy atom. The van der Waals surface area contributed by atoms with Crippen molar-refractivity contribution in [2.75, 3.05) is 6.61 Å². The van der Waals surface area contributed by atoms with Crippen LogP contribution in [0.2, 0.25) is 0 Å². The minimum atomic E-state index is -0.407. The molecule has 0 spiro atoms. The van der Waals surface area contributed by atoms with Gasteiger partial charge in [-0.3, -0.25) is 0 Å². The standard InChI is InChI=1S/C17H12BrNO3/c1-2-9-21-17(20)12-5-8-15-14(10-12)19-16(22-15)11-3-6-13(18)7-4-11/h2-8,10H,1,9H2. The summed E-state index contributed by atoms with van der Waals surface area (Å²) in [7, 11) is 0. The van der Waals surface area contributed by atoms with Crippen LogP contribution in [0.5, 0.6) is 0 Å². The quantitative estimate of drug-likeness (QED) is 0.505. The van der Waals surface area contributed by atoms with Crippen molar-refractivity contribution in [3.63, 3.8) is 0 Å². The third-order valence-corrected chi connectivity index (χ3v) is 3.58. The predicted molar refractivity (Wildman–Crippen MR) is 87.6 cm³/mol. The van der Waals surface area contributed by atoms with Crippen LogP contribution in [-0.2, 0) is 4.74 Å². The molecule has 110 valence electrons. The van der Waals surface area contributed by atoms with Crippen molar-refractivity contribution in [2.45, 2.75) is 0 Å². The van der Waals surface area contributed by atoms with E-state index in [0.717, 1.165) is 10.0 Å². The molecule has 0 saturated heterocycles. The molecule has 3 rings (SSSR count). The smallest absolute Gasteiger partial charge is 0.338 e. The summed E-state index contributed by atoms with van der Waals surface area (Å²) in [6.07, 6.45) is 1.53. The number of carbonyl (C=O) groups is 1. The van der Waals surface area contributed by atoms with Gasteiger partial charge in [0.2, 0.25) is 5.89 Å². The van der Waals surface area contributed by atoms with Crippen LogP contribution >= 0.6 is 15.9 Å². The second-order valence-corrected chi connectivity index (χ2v) is 5.51. The third kappa shape index (κ3) is 2.94. The van der Waals surface area contributed by atoms with Gasteiger partial charge in [-0.15, -0.1) is 0 Å². The van der Waals surface area contributed by atoms with Gasteiger partial charge in [0.15, 0.2) is 5.58 Å². The van der Waals surface area contributed by atoms with Gasteiger partial charge in [0, 0.05) is 10.0 Å². The van der Waals surface area contributed by atoms with E-state index in [1.54, 1.807) is 18.2 Å². The number of fused-ring (bicyclic) bond motifs is 1. The third-order valence-electron chi connectivity index (χ3n) is 3.05. The van der Waals surface area contributed by atoms with E-state index in [1.807, 2.05) is 24.3 Å². The molecule has 1 heterocycles. The van der Waals surface area contributed by atoms with Gasteiger partial charge in [-0.05, 0) is 42.5 Å². The number of ether oxygens (including phenoxy) is 1. The maximum atomic E-state index is 11.8. The van der Waals surface area contributed by atoms with Gasteiger partial charge in [0.1, 0.15) is 12.1 Å². The Bertz CT molecular complexity index is 837. The van der Waals surface area contributed by atoms with E-state index in [0.29, 0.717) is 22.6 Å². The van der Waals surface area contributed by atoms with E-state index in [1.165, 1.54) is 6.08 Å². The number of halogens is 1. The fourth-order valence-corrected chi connectivity index (χ4v) is 2.25. The summed E-state index contributed by atoms with van der Waals surface area (Å²) in [6, 6.07) is 12.7. The molecular weight excluding hydrogens is 346 g/mol. The monoisotopic (exact) mass is 357 g/mol. The van der Waals surface area contributed by atoms with Crippen LogP contribution in [0.1, 0.15) is 10.4 Å². The van der Waals surface area contributed by atoms with E-state index >= 15 is 0 Å². The minimum Gasteiger partial charge on any atom is -0.458 e. The Hall–Kier alpha value is -2.40. The number of carbonyl (C=O) groups excluding carboxylic acids is 1. The molecule has 4 nitrogen and oxygen atoms in total. The molecule has 22 heavy (non-hydrogen) atoms. The van der Waals surface area contributed by atoms with Crippen LogP contribution in [0, 0.1) is 0 Å². The number of oxazole rings is 1. The van der Waals surface area contributed by atoms with Crippen LogP contribution < -0.4 is 0 Å². The fourth-order valence-electron chi connectivity index (χ4n) is 1.99. The normalized spacial score (nSPS) is 10.6. The van der Waals surface area contributed by atoms with Crippen molar-refractivity contribution in [3.05, 3.63) is 65.2 Å². The number of benzene rings is 2. The summed E-state index contributed by atoms with van der Waals surface area (Å²) in [5.74, 6) is 0.106. The summed E-state index contributed by atoms with van der Waals surface area (Å²) in [5, 5.41) is 0. The lowest BCUT2D eigenvalue weighted by Crippen LogP contribution is -2.04. The number of hydrogen-bond acceptors (Lipinski definition) is 4. The molecule has 0 aliphatic rings. The van der Waals surface area contributed by atoms with Gasteiger partial charge < -0.3 is 9.15 Å². The molecule has 0 bridgehead atoms. The van der Waals surface area contributed by atoms with E-state index in [2.05, 4.69) is 27.5 Å². The summed E-state index contributed by atoms with van der Waals surface area (Å²) < 4.78 is 11.7. The number of aromatic nitrogens is 1. The highest BCUT2D eigenvalue weighted by atomic mass is 79.9.